The van der Waals surface area contributed by atoms with Crippen LogP contribution in [0.3, 0.4) is 0 Å². The van der Waals surface area contributed by atoms with Crippen LogP contribution in [0.5, 0.6) is 0 Å². The van der Waals surface area contributed by atoms with E-state index in [0.717, 1.165) is 12.8 Å². The molecule has 0 aromatic carbocycles. The van der Waals surface area contributed by atoms with Gasteiger partial charge in [-0.25, -0.2) is 9.59 Å². The molecular formula is C14H23NO4. The molecule has 0 saturated heterocycles. The Labute approximate surface area is 114 Å². The van der Waals surface area contributed by atoms with Crippen LogP contribution >= 0.6 is 0 Å². The van der Waals surface area contributed by atoms with Gasteiger partial charge in [0.2, 0.25) is 0 Å². The predicted octanol–water partition coefficient (Wildman–Crippen LogP) is 2.85. The van der Waals surface area contributed by atoms with Crippen molar-refractivity contribution in [2.75, 3.05) is 13.2 Å². The summed E-state index contributed by atoms with van der Waals surface area (Å²) in [6.07, 6.45) is 3.46. The lowest BCUT2D eigenvalue weighted by atomic mass is 10.2. The zero-order valence-electron chi connectivity index (χ0n) is 12.2. The zero-order valence-corrected chi connectivity index (χ0v) is 12.2. The van der Waals surface area contributed by atoms with Crippen LogP contribution in [0.15, 0.2) is 11.8 Å². The summed E-state index contributed by atoms with van der Waals surface area (Å²) >= 11 is 0. The van der Waals surface area contributed by atoms with Gasteiger partial charge in [-0.2, -0.15) is 0 Å². The molecule has 0 radical (unpaired) electrons. The van der Waals surface area contributed by atoms with E-state index in [1.807, 2.05) is 27.7 Å². The van der Waals surface area contributed by atoms with E-state index in [1.165, 1.54) is 11.1 Å². The molecule has 0 spiro atoms. The molecular weight excluding hydrogens is 246 g/mol. The molecule has 1 amide bonds. The number of esters is 1. The third kappa shape index (κ3) is 5.32. The molecule has 0 aliphatic carbocycles. The molecule has 1 rings (SSSR count). The molecule has 5 nitrogen and oxygen atoms in total. The van der Waals surface area contributed by atoms with Gasteiger partial charge in [-0.1, -0.05) is 13.3 Å². The highest BCUT2D eigenvalue weighted by Gasteiger charge is 2.27. The fraction of sp³-hybridized carbons (Fsp3) is 0.714. The van der Waals surface area contributed by atoms with Crippen LogP contribution in [0.1, 0.15) is 47.0 Å². The summed E-state index contributed by atoms with van der Waals surface area (Å²) in [6, 6.07) is 0. The van der Waals surface area contributed by atoms with Crippen LogP contribution in [0, 0.1) is 0 Å². The Balaban J connectivity index is 2.49. The highest BCUT2D eigenvalue weighted by Crippen LogP contribution is 2.19. The summed E-state index contributed by atoms with van der Waals surface area (Å²) < 4.78 is 10.3. The first-order valence-electron chi connectivity index (χ1n) is 6.71. The summed E-state index contributed by atoms with van der Waals surface area (Å²) in [5.41, 5.74) is -0.00283. The van der Waals surface area contributed by atoms with Crippen molar-refractivity contribution >= 4 is 12.1 Å². The van der Waals surface area contributed by atoms with Crippen molar-refractivity contribution in [3.8, 4) is 0 Å². The minimum absolute atomic E-state index is 0.334. The largest absolute Gasteiger partial charge is 0.462 e. The number of rotatable bonds is 4. The SMILES string of the molecule is CCCCOC(=O)C1=CN(C(=O)OC(C)(C)C)CC1. The Morgan fingerprint density at radius 3 is 2.63 bits per heavy atom. The zero-order chi connectivity index (χ0) is 14.5. The molecule has 0 fully saturated rings. The quantitative estimate of drug-likeness (QED) is 0.581. The Kier molecular flexibility index (Phi) is 5.39. The average Bonchev–Trinajstić information content (AvgIpc) is 2.76. The van der Waals surface area contributed by atoms with Gasteiger partial charge in [0.05, 0.1) is 12.2 Å². The minimum Gasteiger partial charge on any atom is -0.462 e. The molecule has 0 bridgehead atoms. The molecule has 0 unspecified atom stereocenters. The fourth-order valence-corrected chi connectivity index (χ4v) is 1.58. The number of amides is 1. The molecule has 1 aliphatic heterocycles. The summed E-state index contributed by atoms with van der Waals surface area (Å²) in [7, 11) is 0. The van der Waals surface area contributed by atoms with E-state index in [0.29, 0.717) is 25.1 Å². The second kappa shape index (κ2) is 6.59. The number of unbranched alkanes of at least 4 members (excludes halogenated alkanes) is 1. The normalized spacial score (nSPS) is 15.2. The van der Waals surface area contributed by atoms with Crippen molar-refractivity contribution in [1.29, 1.82) is 0 Å². The van der Waals surface area contributed by atoms with Crippen LogP contribution in [-0.4, -0.2) is 35.7 Å². The minimum atomic E-state index is -0.532. The third-order valence-corrected chi connectivity index (χ3v) is 2.55. The first kappa shape index (κ1) is 15.5. The molecule has 0 aromatic heterocycles. The molecule has 1 aliphatic rings. The van der Waals surface area contributed by atoms with Gasteiger partial charge >= 0.3 is 12.1 Å². The summed E-state index contributed by atoms with van der Waals surface area (Å²) in [5.74, 6) is -0.334. The van der Waals surface area contributed by atoms with Crippen molar-refractivity contribution in [2.45, 2.75) is 52.6 Å². The van der Waals surface area contributed by atoms with Crippen LogP contribution < -0.4 is 0 Å². The molecule has 0 N–H and O–H groups in total. The molecule has 0 aromatic rings. The van der Waals surface area contributed by atoms with Gasteiger partial charge in [0.25, 0.3) is 0 Å². The summed E-state index contributed by atoms with van der Waals surface area (Å²) in [6.45, 7) is 8.36. The Bertz CT molecular complexity index is 368. The fourth-order valence-electron chi connectivity index (χ4n) is 1.58. The average molecular weight is 269 g/mol. The lowest BCUT2D eigenvalue weighted by Gasteiger charge is -2.23. The van der Waals surface area contributed by atoms with E-state index in [-0.39, 0.29) is 5.97 Å². The number of hydrogen-bond donors (Lipinski definition) is 0. The first-order chi connectivity index (χ1) is 8.83. The van der Waals surface area contributed by atoms with Crippen molar-refractivity contribution < 1.29 is 19.1 Å². The Hall–Kier alpha value is -1.52. The highest BCUT2D eigenvalue weighted by molar-refractivity contribution is 5.90. The van der Waals surface area contributed by atoms with Gasteiger partial charge in [0.1, 0.15) is 5.60 Å². The maximum atomic E-state index is 11.8. The monoisotopic (exact) mass is 269 g/mol. The maximum absolute atomic E-state index is 11.8. The van der Waals surface area contributed by atoms with E-state index in [9.17, 15) is 9.59 Å². The molecule has 0 atom stereocenters. The highest BCUT2D eigenvalue weighted by atomic mass is 16.6. The molecule has 1 heterocycles. The molecule has 5 heteroatoms. The van der Waals surface area contributed by atoms with Crippen molar-refractivity contribution in [3.63, 3.8) is 0 Å². The lowest BCUT2D eigenvalue weighted by molar-refractivity contribution is -0.139. The van der Waals surface area contributed by atoms with Gasteiger partial charge < -0.3 is 9.47 Å². The van der Waals surface area contributed by atoms with Crippen molar-refractivity contribution in [3.05, 3.63) is 11.8 Å². The third-order valence-electron chi connectivity index (χ3n) is 2.55. The number of nitrogens with zero attached hydrogens (tertiary/aromatic N) is 1. The van der Waals surface area contributed by atoms with Gasteiger partial charge in [-0.3, -0.25) is 4.90 Å². The number of hydrogen-bond acceptors (Lipinski definition) is 4. The van der Waals surface area contributed by atoms with Crippen LogP contribution in [0.25, 0.3) is 0 Å². The first-order valence-corrected chi connectivity index (χ1v) is 6.71. The van der Waals surface area contributed by atoms with Gasteiger partial charge in [-0.05, 0) is 33.6 Å². The summed E-state index contributed by atoms with van der Waals surface area (Å²) in [5, 5.41) is 0. The smallest absolute Gasteiger partial charge is 0.414 e. The molecule has 19 heavy (non-hydrogen) atoms. The Morgan fingerprint density at radius 1 is 1.37 bits per heavy atom. The van der Waals surface area contributed by atoms with Crippen molar-refractivity contribution in [1.82, 2.24) is 4.90 Å². The van der Waals surface area contributed by atoms with E-state index < -0.39 is 11.7 Å². The van der Waals surface area contributed by atoms with Gasteiger partial charge in [0, 0.05) is 12.7 Å². The van der Waals surface area contributed by atoms with Crippen LogP contribution in [0.4, 0.5) is 4.79 Å². The number of ether oxygens (including phenoxy) is 2. The second-order valence-electron chi connectivity index (χ2n) is 5.57. The van der Waals surface area contributed by atoms with E-state index in [1.54, 1.807) is 0 Å². The number of carbonyl (C=O) groups is 2. The van der Waals surface area contributed by atoms with E-state index in [4.69, 9.17) is 9.47 Å². The number of carbonyl (C=O) groups excluding carboxylic acids is 2. The standard InChI is InChI=1S/C14H23NO4/c1-5-6-9-18-12(16)11-7-8-15(10-11)13(17)19-14(2,3)4/h10H,5-9H2,1-4H3. The van der Waals surface area contributed by atoms with Crippen molar-refractivity contribution in [2.24, 2.45) is 0 Å². The second-order valence-corrected chi connectivity index (χ2v) is 5.57. The van der Waals surface area contributed by atoms with Crippen LogP contribution in [-0.2, 0) is 14.3 Å². The molecule has 0 saturated carbocycles. The molecule has 108 valence electrons. The Morgan fingerprint density at radius 2 is 2.05 bits per heavy atom. The topological polar surface area (TPSA) is 55.8 Å². The van der Waals surface area contributed by atoms with Gasteiger partial charge in [-0.15, -0.1) is 0 Å². The summed E-state index contributed by atoms with van der Waals surface area (Å²) in [4.78, 5) is 24.9. The van der Waals surface area contributed by atoms with E-state index >= 15 is 0 Å². The van der Waals surface area contributed by atoms with Gasteiger partial charge in [0.15, 0.2) is 0 Å². The van der Waals surface area contributed by atoms with E-state index in [2.05, 4.69) is 0 Å². The maximum Gasteiger partial charge on any atom is 0.414 e. The predicted molar refractivity (Wildman–Crippen MR) is 71.5 cm³/mol. The lowest BCUT2D eigenvalue weighted by Crippen LogP contribution is -2.32. The van der Waals surface area contributed by atoms with Crippen LogP contribution in [0.2, 0.25) is 0 Å².